The number of amides is 1. The van der Waals surface area contributed by atoms with Gasteiger partial charge >= 0.3 is 0 Å². The molecule has 0 radical (unpaired) electrons. The molecule has 1 aliphatic heterocycles. The van der Waals surface area contributed by atoms with Gasteiger partial charge in [0.05, 0.1) is 0 Å². The lowest BCUT2D eigenvalue weighted by atomic mass is 10.2. The molecule has 1 saturated heterocycles. The van der Waals surface area contributed by atoms with Gasteiger partial charge in [-0.2, -0.15) is 0 Å². The van der Waals surface area contributed by atoms with Crippen molar-refractivity contribution < 1.29 is 4.79 Å². The zero-order chi connectivity index (χ0) is 9.54. The summed E-state index contributed by atoms with van der Waals surface area (Å²) in [5.74, 6) is 2.37. The Morgan fingerprint density at radius 3 is 2.67 bits per heavy atom. The highest BCUT2D eigenvalue weighted by atomic mass is 35.5. The SMILES string of the molecule is Cl.O=C(NC1CCNC1)C1CC1C1CC1. The zero-order valence-electron chi connectivity index (χ0n) is 8.87. The molecule has 0 spiro atoms. The molecule has 2 N–H and O–H groups in total. The van der Waals surface area contributed by atoms with E-state index in [1.54, 1.807) is 0 Å². The van der Waals surface area contributed by atoms with E-state index in [1.165, 1.54) is 12.8 Å². The summed E-state index contributed by atoms with van der Waals surface area (Å²) in [6.45, 7) is 2.02. The van der Waals surface area contributed by atoms with Crippen LogP contribution in [0.25, 0.3) is 0 Å². The van der Waals surface area contributed by atoms with Gasteiger partial charge in [0.25, 0.3) is 0 Å². The molecule has 0 aromatic carbocycles. The summed E-state index contributed by atoms with van der Waals surface area (Å²) in [7, 11) is 0. The van der Waals surface area contributed by atoms with Crippen molar-refractivity contribution in [2.24, 2.45) is 17.8 Å². The average Bonchev–Trinajstić information content (AvgIpc) is 3.05. The van der Waals surface area contributed by atoms with Crippen molar-refractivity contribution in [2.45, 2.75) is 31.7 Å². The van der Waals surface area contributed by atoms with Crippen LogP contribution in [0.3, 0.4) is 0 Å². The number of halogens is 1. The molecule has 0 bridgehead atoms. The Morgan fingerprint density at radius 1 is 1.27 bits per heavy atom. The van der Waals surface area contributed by atoms with Crippen LogP contribution in [0, 0.1) is 17.8 Å². The van der Waals surface area contributed by atoms with Crippen molar-refractivity contribution in [1.29, 1.82) is 0 Å². The summed E-state index contributed by atoms with van der Waals surface area (Å²) in [6.07, 6.45) is 5.02. The molecule has 3 atom stereocenters. The van der Waals surface area contributed by atoms with Gasteiger partial charge in [0.15, 0.2) is 0 Å². The standard InChI is InChI=1S/C11H18N2O.ClH/c14-11(13-8-3-4-12-6-8)10-5-9(10)7-1-2-7;/h7-10,12H,1-6H2,(H,13,14);1H. The molecule has 1 amide bonds. The number of carbonyl (C=O) groups excluding carboxylic acids is 1. The quantitative estimate of drug-likeness (QED) is 0.758. The van der Waals surface area contributed by atoms with Crippen molar-refractivity contribution in [3.63, 3.8) is 0 Å². The van der Waals surface area contributed by atoms with Crippen molar-refractivity contribution in [3.05, 3.63) is 0 Å². The second kappa shape index (κ2) is 4.30. The van der Waals surface area contributed by atoms with Crippen LogP contribution in [-0.2, 0) is 4.79 Å². The van der Waals surface area contributed by atoms with Crippen LogP contribution in [-0.4, -0.2) is 25.0 Å². The number of carbonyl (C=O) groups is 1. The van der Waals surface area contributed by atoms with Crippen LogP contribution < -0.4 is 10.6 Å². The van der Waals surface area contributed by atoms with Crippen molar-refractivity contribution in [1.82, 2.24) is 10.6 Å². The maximum absolute atomic E-state index is 11.8. The molecule has 3 fully saturated rings. The maximum Gasteiger partial charge on any atom is 0.223 e. The highest BCUT2D eigenvalue weighted by Crippen LogP contribution is 2.54. The van der Waals surface area contributed by atoms with Crippen molar-refractivity contribution >= 4 is 18.3 Å². The Labute approximate surface area is 96.8 Å². The Bertz CT molecular complexity index is 249. The third-order valence-corrected chi connectivity index (χ3v) is 3.81. The predicted molar refractivity (Wildman–Crippen MR) is 61.0 cm³/mol. The normalized spacial score (nSPS) is 38.3. The van der Waals surface area contributed by atoms with Crippen molar-refractivity contribution in [3.8, 4) is 0 Å². The molecule has 2 aliphatic carbocycles. The smallest absolute Gasteiger partial charge is 0.223 e. The Morgan fingerprint density at radius 2 is 2.07 bits per heavy atom. The highest BCUT2D eigenvalue weighted by molar-refractivity contribution is 5.85. The lowest BCUT2D eigenvalue weighted by molar-refractivity contribution is -0.123. The number of hydrogen-bond acceptors (Lipinski definition) is 2. The summed E-state index contributed by atoms with van der Waals surface area (Å²) < 4.78 is 0. The van der Waals surface area contributed by atoms with Gasteiger partial charge in [-0.3, -0.25) is 4.79 Å². The van der Waals surface area contributed by atoms with Crippen LogP contribution in [0.4, 0.5) is 0 Å². The number of rotatable bonds is 3. The van der Waals surface area contributed by atoms with Gasteiger partial charge in [0, 0.05) is 18.5 Å². The Balaban J connectivity index is 0.000000853. The highest BCUT2D eigenvalue weighted by Gasteiger charge is 2.51. The van der Waals surface area contributed by atoms with Gasteiger partial charge in [-0.25, -0.2) is 0 Å². The van der Waals surface area contributed by atoms with E-state index in [0.29, 0.717) is 17.9 Å². The monoisotopic (exact) mass is 230 g/mol. The first-order valence-corrected chi connectivity index (χ1v) is 5.85. The molecule has 3 rings (SSSR count). The third-order valence-electron chi connectivity index (χ3n) is 3.81. The van der Waals surface area contributed by atoms with E-state index in [-0.39, 0.29) is 12.4 Å². The van der Waals surface area contributed by atoms with Gasteiger partial charge in [0.1, 0.15) is 0 Å². The molecule has 3 aliphatic rings. The van der Waals surface area contributed by atoms with Crippen LogP contribution in [0.2, 0.25) is 0 Å². The Kier molecular flexibility index (Phi) is 3.21. The van der Waals surface area contributed by atoms with Gasteiger partial charge in [-0.1, -0.05) is 0 Å². The second-order valence-electron chi connectivity index (χ2n) is 5.04. The zero-order valence-corrected chi connectivity index (χ0v) is 9.69. The number of hydrogen-bond donors (Lipinski definition) is 2. The summed E-state index contributed by atoms with van der Waals surface area (Å²) in [6, 6.07) is 0.406. The van der Waals surface area contributed by atoms with E-state index in [0.717, 1.165) is 37.8 Å². The molecule has 4 heteroatoms. The van der Waals surface area contributed by atoms with Crippen LogP contribution >= 0.6 is 12.4 Å². The minimum atomic E-state index is 0. The fourth-order valence-corrected chi connectivity index (χ4v) is 2.65. The summed E-state index contributed by atoms with van der Waals surface area (Å²) >= 11 is 0. The van der Waals surface area contributed by atoms with E-state index in [4.69, 9.17) is 0 Å². The van der Waals surface area contributed by atoms with E-state index >= 15 is 0 Å². The third kappa shape index (κ3) is 2.45. The first kappa shape index (κ1) is 11.2. The summed E-state index contributed by atoms with van der Waals surface area (Å²) in [5.41, 5.74) is 0. The van der Waals surface area contributed by atoms with Gasteiger partial charge in [-0.05, 0) is 44.1 Å². The van der Waals surface area contributed by atoms with E-state index in [2.05, 4.69) is 10.6 Å². The fraction of sp³-hybridized carbons (Fsp3) is 0.909. The maximum atomic E-state index is 11.8. The molecule has 3 nitrogen and oxygen atoms in total. The van der Waals surface area contributed by atoms with Gasteiger partial charge < -0.3 is 10.6 Å². The summed E-state index contributed by atoms with van der Waals surface area (Å²) in [5, 5.41) is 6.42. The fourth-order valence-electron chi connectivity index (χ4n) is 2.65. The molecule has 86 valence electrons. The topological polar surface area (TPSA) is 41.1 Å². The van der Waals surface area contributed by atoms with Gasteiger partial charge in [0.2, 0.25) is 5.91 Å². The predicted octanol–water partition coefficient (Wildman–Crippen LogP) is 0.932. The molecular formula is C11H19ClN2O. The summed E-state index contributed by atoms with van der Waals surface area (Å²) in [4.78, 5) is 11.8. The molecule has 15 heavy (non-hydrogen) atoms. The largest absolute Gasteiger partial charge is 0.352 e. The molecule has 0 aromatic rings. The minimum Gasteiger partial charge on any atom is -0.352 e. The van der Waals surface area contributed by atoms with E-state index in [1.807, 2.05) is 0 Å². The number of nitrogens with one attached hydrogen (secondary N) is 2. The molecule has 2 saturated carbocycles. The second-order valence-corrected chi connectivity index (χ2v) is 5.04. The lowest BCUT2D eigenvalue weighted by Crippen LogP contribution is -2.37. The lowest BCUT2D eigenvalue weighted by Gasteiger charge is -2.10. The average molecular weight is 231 g/mol. The van der Waals surface area contributed by atoms with E-state index < -0.39 is 0 Å². The molecular weight excluding hydrogens is 212 g/mol. The molecule has 1 heterocycles. The van der Waals surface area contributed by atoms with Crippen LogP contribution in [0.15, 0.2) is 0 Å². The minimum absolute atomic E-state index is 0. The van der Waals surface area contributed by atoms with Crippen molar-refractivity contribution in [2.75, 3.05) is 13.1 Å². The first-order chi connectivity index (χ1) is 6.84. The first-order valence-electron chi connectivity index (χ1n) is 5.85. The van der Waals surface area contributed by atoms with Crippen LogP contribution in [0.5, 0.6) is 0 Å². The van der Waals surface area contributed by atoms with Crippen LogP contribution in [0.1, 0.15) is 25.7 Å². The van der Waals surface area contributed by atoms with E-state index in [9.17, 15) is 4.79 Å². The van der Waals surface area contributed by atoms with Gasteiger partial charge in [-0.15, -0.1) is 12.4 Å². The molecule has 0 aromatic heterocycles. The Hall–Kier alpha value is -0.280. The molecule has 3 unspecified atom stereocenters.